The molecule has 0 spiro atoms. The fourth-order valence-corrected chi connectivity index (χ4v) is 3.45. The summed E-state index contributed by atoms with van der Waals surface area (Å²) < 4.78 is 4.73. The van der Waals surface area contributed by atoms with E-state index in [0.717, 1.165) is 32.5 Å². The van der Waals surface area contributed by atoms with Crippen LogP contribution in [0.4, 0.5) is 5.69 Å². The smallest absolute Gasteiger partial charge is 0.337 e. The minimum atomic E-state index is -0.409. The van der Waals surface area contributed by atoms with Crippen LogP contribution in [-0.2, 0) is 16.1 Å². The first kappa shape index (κ1) is 19.1. The maximum Gasteiger partial charge on any atom is 0.337 e. The van der Waals surface area contributed by atoms with Crippen LogP contribution in [0.5, 0.6) is 0 Å². The van der Waals surface area contributed by atoms with Crippen molar-refractivity contribution in [1.29, 1.82) is 0 Å². The van der Waals surface area contributed by atoms with E-state index in [2.05, 4.69) is 41.4 Å². The van der Waals surface area contributed by atoms with Gasteiger partial charge in [0.15, 0.2) is 0 Å². The first-order valence-corrected chi connectivity index (χ1v) is 9.32. The zero-order valence-corrected chi connectivity index (χ0v) is 15.9. The van der Waals surface area contributed by atoms with Crippen LogP contribution in [0.3, 0.4) is 0 Å². The van der Waals surface area contributed by atoms with Gasteiger partial charge >= 0.3 is 5.97 Å². The van der Waals surface area contributed by atoms with E-state index in [9.17, 15) is 9.59 Å². The molecule has 1 amide bonds. The number of likely N-dealkylation sites (tertiary alicyclic amines) is 1. The minimum absolute atomic E-state index is 0.00521. The number of esters is 1. The Morgan fingerprint density at radius 1 is 1.19 bits per heavy atom. The molecule has 0 radical (unpaired) electrons. The summed E-state index contributed by atoms with van der Waals surface area (Å²) >= 11 is 0. The zero-order valence-electron chi connectivity index (χ0n) is 15.9. The molecule has 5 nitrogen and oxygen atoms in total. The third-order valence-corrected chi connectivity index (χ3v) is 4.95. The standard InChI is InChI=1S/C22H26N2O3/c1-16-8-10-17(11-9-16)14-24-12-4-6-19(15-24)21(25)23-20-7-3-5-18(13-20)22(26)27-2/h3,5,7-11,13,19H,4,6,12,14-15H2,1-2H3,(H,23,25). The predicted molar refractivity (Wildman–Crippen MR) is 106 cm³/mol. The van der Waals surface area contributed by atoms with Gasteiger partial charge in [-0.15, -0.1) is 0 Å². The van der Waals surface area contributed by atoms with Crippen LogP contribution in [0.1, 0.15) is 34.3 Å². The summed E-state index contributed by atoms with van der Waals surface area (Å²) in [7, 11) is 1.35. The van der Waals surface area contributed by atoms with Crippen molar-refractivity contribution in [2.75, 3.05) is 25.5 Å². The first-order valence-electron chi connectivity index (χ1n) is 9.32. The number of nitrogens with zero attached hydrogens (tertiary/aromatic N) is 1. The number of methoxy groups -OCH3 is 1. The summed E-state index contributed by atoms with van der Waals surface area (Å²) in [6.45, 7) is 4.70. The molecular formula is C22H26N2O3. The van der Waals surface area contributed by atoms with Gasteiger partial charge < -0.3 is 10.1 Å². The van der Waals surface area contributed by atoms with Gasteiger partial charge in [-0.2, -0.15) is 0 Å². The summed E-state index contributed by atoms with van der Waals surface area (Å²) in [5.41, 5.74) is 3.58. The normalized spacial score (nSPS) is 17.3. The molecule has 1 saturated heterocycles. The molecule has 1 unspecified atom stereocenters. The number of carbonyl (C=O) groups is 2. The average molecular weight is 366 g/mol. The van der Waals surface area contributed by atoms with E-state index in [-0.39, 0.29) is 11.8 Å². The van der Waals surface area contributed by atoms with E-state index in [1.165, 1.54) is 18.2 Å². The van der Waals surface area contributed by atoms with Crippen molar-refractivity contribution >= 4 is 17.6 Å². The second kappa shape index (κ2) is 8.82. The number of hydrogen-bond donors (Lipinski definition) is 1. The van der Waals surface area contributed by atoms with Crippen LogP contribution < -0.4 is 5.32 Å². The number of amides is 1. The summed E-state index contributed by atoms with van der Waals surface area (Å²) in [4.78, 5) is 26.7. The molecule has 1 atom stereocenters. The van der Waals surface area contributed by atoms with Gasteiger partial charge in [0.1, 0.15) is 0 Å². The van der Waals surface area contributed by atoms with Gasteiger partial charge in [0.05, 0.1) is 18.6 Å². The number of benzene rings is 2. The predicted octanol–water partition coefficient (Wildman–Crippen LogP) is 3.63. The van der Waals surface area contributed by atoms with Crippen LogP contribution in [-0.4, -0.2) is 37.0 Å². The van der Waals surface area contributed by atoms with Crippen molar-refractivity contribution in [2.45, 2.75) is 26.3 Å². The second-order valence-corrected chi connectivity index (χ2v) is 7.12. The van der Waals surface area contributed by atoms with E-state index < -0.39 is 5.97 Å². The number of aryl methyl sites for hydroxylation is 1. The number of rotatable bonds is 5. The molecule has 0 bridgehead atoms. The number of carbonyl (C=O) groups excluding carboxylic acids is 2. The first-order chi connectivity index (χ1) is 13.0. The highest BCUT2D eigenvalue weighted by molar-refractivity contribution is 5.95. The van der Waals surface area contributed by atoms with Gasteiger partial charge in [-0.3, -0.25) is 9.69 Å². The van der Waals surface area contributed by atoms with Crippen molar-refractivity contribution in [3.05, 3.63) is 65.2 Å². The molecule has 2 aromatic rings. The van der Waals surface area contributed by atoms with E-state index >= 15 is 0 Å². The second-order valence-electron chi connectivity index (χ2n) is 7.12. The average Bonchev–Trinajstić information content (AvgIpc) is 2.69. The van der Waals surface area contributed by atoms with Crippen LogP contribution in [0.25, 0.3) is 0 Å². The number of piperidine rings is 1. The molecular weight excluding hydrogens is 340 g/mol. The summed E-state index contributed by atoms with van der Waals surface area (Å²) in [5, 5.41) is 2.95. The fraction of sp³-hybridized carbons (Fsp3) is 0.364. The van der Waals surface area contributed by atoms with Crippen LogP contribution >= 0.6 is 0 Å². The Labute approximate surface area is 160 Å². The van der Waals surface area contributed by atoms with Crippen molar-refractivity contribution in [2.24, 2.45) is 5.92 Å². The Hall–Kier alpha value is -2.66. The molecule has 0 aliphatic carbocycles. The number of anilines is 1. The summed E-state index contributed by atoms with van der Waals surface area (Å²) in [6.07, 6.45) is 1.89. The molecule has 1 fully saturated rings. The molecule has 0 saturated carbocycles. The van der Waals surface area contributed by atoms with Crippen molar-refractivity contribution in [3.8, 4) is 0 Å². The van der Waals surface area contributed by atoms with Crippen molar-refractivity contribution < 1.29 is 14.3 Å². The van der Waals surface area contributed by atoms with Gasteiger partial charge in [0.2, 0.25) is 5.91 Å². The number of ether oxygens (including phenoxy) is 1. The SMILES string of the molecule is COC(=O)c1cccc(NC(=O)C2CCCN(Cc3ccc(C)cc3)C2)c1. The lowest BCUT2D eigenvalue weighted by Crippen LogP contribution is -2.40. The Morgan fingerprint density at radius 3 is 2.70 bits per heavy atom. The Morgan fingerprint density at radius 2 is 1.96 bits per heavy atom. The van der Waals surface area contributed by atoms with Gasteiger partial charge in [-0.05, 0) is 50.1 Å². The Balaban J connectivity index is 1.59. The largest absolute Gasteiger partial charge is 0.465 e. The third-order valence-electron chi connectivity index (χ3n) is 4.95. The number of hydrogen-bond acceptors (Lipinski definition) is 4. The molecule has 0 aromatic heterocycles. The summed E-state index contributed by atoms with van der Waals surface area (Å²) in [5.74, 6) is -0.454. The van der Waals surface area contributed by atoms with Gasteiger partial charge in [0.25, 0.3) is 0 Å². The highest BCUT2D eigenvalue weighted by Crippen LogP contribution is 2.21. The Bertz CT molecular complexity index is 801. The monoisotopic (exact) mass is 366 g/mol. The van der Waals surface area contributed by atoms with Crippen molar-refractivity contribution in [1.82, 2.24) is 4.90 Å². The topological polar surface area (TPSA) is 58.6 Å². The lowest BCUT2D eigenvalue weighted by Gasteiger charge is -2.32. The minimum Gasteiger partial charge on any atom is -0.465 e. The Kier molecular flexibility index (Phi) is 6.24. The zero-order chi connectivity index (χ0) is 19.2. The third kappa shape index (κ3) is 5.17. The van der Waals surface area contributed by atoms with Crippen LogP contribution in [0.15, 0.2) is 48.5 Å². The molecule has 1 aliphatic rings. The van der Waals surface area contributed by atoms with Crippen molar-refractivity contribution in [3.63, 3.8) is 0 Å². The molecule has 2 aromatic carbocycles. The van der Waals surface area contributed by atoms with Gasteiger partial charge in [-0.1, -0.05) is 35.9 Å². The molecule has 1 heterocycles. The van der Waals surface area contributed by atoms with Crippen LogP contribution in [0, 0.1) is 12.8 Å². The lowest BCUT2D eigenvalue weighted by atomic mass is 9.96. The fourth-order valence-electron chi connectivity index (χ4n) is 3.45. The quantitative estimate of drug-likeness (QED) is 0.821. The van der Waals surface area contributed by atoms with Crippen LogP contribution in [0.2, 0.25) is 0 Å². The van der Waals surface area contributed by atoms with E-state index in [1.54, 1.807) is 24.3 Å². The van der Waals surface area contributed by atoms with E-state index in [0.29, 0.717) is 11.3 Å². The molecule has 5 heteroatoms. The molecule has 1 N–H and O–H groups in total. The van der Waals surface area contributed by atoms with Gasteiger partial charge in [0, 0.05) is 18.8 Å². The molecule has 142 valence electrons. The molecule has 27 heavy (non-hydrogen) atoms. The van der Waals surface area contributed by atoms with E-state index in [1.807, 2.05) is 0 Å². The lowest BCUT2D eigenvalue weighted by molar-refractivity contribution is -0.121. The maximum absolute atomic E-state index is 12.7. The molecule has 3 rings (SSSR count). The summed E-state index contributed by atoms with van der Waals surface area (Å²) in [6, 6.07) is 15.4. The number of nitrogens with one attached hydrogen (secondary N) is 1. The maximum atomic E-state index is 12.7. The highest BCUT2D eigenvalue weighted by Gasteiger charge is 2.26. The van der Waals surface area contributed by atoms with E-state index in [4.69, 9.17) is 4.74 Å². The molecule has 1 aliphatic heterocycles. The highest BCUT2D eigenvalue weighted by atomic mass is 16.5. The van der Waals surface area contributed by atoms with Gasteiger partial charge in [-0.25, -0.2) is 4.79 Å².